The number of amides is 1. The van der Waals surface area contributed by atoms with Crippen molar-refractivity contribution in [3.8, 4) is 5.75 Å². The van der Waals surface area contributed by atoms with E-state index in [9.17, 15) is 4.79 Å². The van der Waals surface area contributed by atoms with Gasteiger partial charge in [0.25, 0.3) is 5.91 Å². The van der Waals surface area contributed by atoms with Crippen LogP contribution < -0.4 is 10.1 Å². The summed E-state index contributed by atoms with van der Waals surface area (Å²) in [6, 6.07) is 6.17. The Labute approximate surface area is 143 Å². The van der Waals surface area contributed by atoms with Crippen LogP contribution in [0.25, 0.3) is 0 Å². The molecule has 0 fully saturated rings. The molecule has 0 radical (unpaired) electrons. The van der Waals surface area contributed by atoms with Crippen LogP contribution >= 0.6 is 0 Å². The van der Waals surface area contributed by atoms with Gasteiger partial charge in [0.2, 0.25) is 0 Å². The van der Waals surface area contributed by atoms with E-state index >= 15 is 0 Å². The predicted octanol–water partition coefficient (Wildman–Crippen LogP) is 2.74. The predicted molar refractivity (Wildman–Crippen MR) is 93.0 cm³/mol. The Balaban J connectivity index is 1.47. The Morgan fingerprint density at radius 2 is 2.25 bits per heavy atom. The third-order valence-corrected chi connectivity index (χ3v) is 4.48. The van der Waals surface area contributed by atoms with Crippen molar-refractivity contribution in [2.24, 2.45) is 0 Å². The second kappa shape index (κ2) is 7.99. The van der Waals surface area contributed by atoms with Crippen LogP contribution in [0.4, 0.5) is 0 Å². The lowest BCUT2D eigenvalue weighted by Gasteiger charge is -2.22. The molecule has 1 aliphatic rings. The fourth-order valence-corrected chi connectivity index (χ4v) is 3.14. The van der Waals surface area contributed by atoms with Gasteiger partial charge in [-0.25, -0.2) is 4.98 Å². The van der Waals surface area contributed by atoms with Gasteiger partial charge >= 0.3 is 0 Å². The largest absolute Gasteiger partial charge is 0.481 e. The van der Waals surface area contributed by atoms with Crippen molar-refractivity contribution >= 4 is 5.91 Å². The summed E-state index contributed by atoms with van der Waals surface area (Å²) in [4.78, 5) is 16.2. The topological polar surface area (TPSA) is 56.1 Å². The molecule has 5 heteroatoms. The van der Waals surface area contributed by atoms with Gasteiger partial charge in [-0.2, -0.15) is 0 Å². The van der Waals surface area contributed by atoms with Crippen molar-refractivity contribution in [3.63, 3.8) is 0 Å². The number of carbonyl (C=O) groups excluding carboxylic acids is 1. The third-order valence-electron chi connectivity index (χ3n) is 4.48. The lowest BCUT2D eigenvalue weighted by molar-refractivity contribution is -0.127. The minimum absolute atomic E-state index is 0.0611. The van der Waals surface area contributed by atoms with Gasteiger partial charge in [0, 0.05) is 25.5 Å². The average Bonchev–Trinajstić information content (AvgIpc) is 3.12. The van der Waals surface area contributed by atoms with Crippen molar-refractivity contribution in [1.29, 1.82) is 0 Å². The van der Waals surface area contributed by atoms with Crippen molar-refractivity contribution in [1.82, 2.24) is 14.9 Å². The molecule has 1 N–H and O–H groups in total. The zero-order chi connectivity index (χ0) is 16.8. The monoisotopic (exact) mass is 327 g/mol. The van der Waals surface area contributed by atoms with Gasteiger partial charge < -0.3 is 14.6 Å². The zero-order valence-corrected chi connectivity index (χ0v) is 14.2. The number of aryl methyl sites for hydroxylation is 2. The van der Waals surface area contributed by atoms with Crippen LogP contribution in [-0.2, 0) is 24.2 Å². The highest BCUT2D eigenvalue weighted by Crippen LogP contribution is 2.30. The van der Waals surface area contributed by atoms with E-state index in [-0.39, 0.29) is 5.91 Å². The van der Waals surface area contributed by atoms with Gasteiger partial charge in [-0.15, -0.1) is 0 Å². The number of nitrogens with one attached hydrogen (secondary N) is 1. The first kappa shape index (κ1) is 16.6. The smallest absolute Gasteiger partial charge is 0.260 e. The molecule has 0 unspecified atom stereocenters. The zero-order valence-electron chi connectivity index (χ0n) is 14.2. The molecule has 2 aromatic rings. The number of imidazole rings is 1. The van der Waals surface area contributed by atoms with Gasteiger partial charge in [-0.1, -0.05) is 12.1 Å². The van der Waals surface area contributed by atoms with Crippen LogP contribution in [0.1, 0.15) is 37.3 Å². The first-order chi connectivity index (χ1) is 11.7. The molecular formula is C19H25N3O2. The van der Waals surface area contributed by atoms with E-state index in [1.165, 1.54) is 24.0 Å². The maximum Gasteiger partial charge on any atom is 0.260 e. The van der Waals surface area contributed by atoms with E-state index in [0.29, 0.717) is 6.54 Å². The summed E-state index contributed by atoms with van der Waals surface area (Å²) in [5, 5.41) is 2.95. The average molecular weight is 327 g/mol. The number of ether oxygens (including phenoxy) is 1. The van der Waals surface area contributed by atoms with Gasteiger partial charge in [-0.05, 0) is 56.2 Å². The first-order valence-electron chi connectivity index (χ1n) is 8.75. The normalized spacial score (nSPS) is 14.7. The number of aromatic nitrogens is 2. The number of benzene rings is 1. The molecule has 24 heavy (non-hydrogen) atoms. The molecule has 1 heterocycles. The van der Waals surface area contributed by atoms with Gasteiger partial charge in [0.05, 0.1) is 6.33 Å². The highest BCUT2D eigenvalue weighted by atomic mass is 16.5. The molecule has 1 amide bonds. The SMILES string of the molecule is C[C@H](Oc1cccc2c1CCCC2)C(=O)NCCCn1ccnc1. The van der Waals surface area contributed by atoms with E-state index in [4.69, 9.17) is 4.74 Å². The van der Waals surface area contributed by atoms with Crippen molar-refractivity contribution in [2.45, 2.75) is 51.7 Å². The molecule has 1 atom stereocenters. The molecule has 1 aliphatic carbocycles. The minimum Gasteiger partial charge on any atom is -0.481 e. The quantitative estimate of drug-likeness (QED) is 0.796. The molecular weight excluding hydrogens is 302 g/mol. The van der Waals surface area contributed by atoms with Crippen molar-refractivity contribution < 1.29 is 9.53 Å². The van der Waals surface area contributed by atoms with Crippen LogP contribution in [0.3, 0.4) is 0 Å². The van der Waals surface area contributed by atoms with E-state index in [0.717, 1.165) is 31.6 Å². The van der Waals surface area contributed by atoms with Crippen LogP contribution in [-0.4, -0.2) is 28.1 Å². The Bertz CT molecular complexity index is 667. The van der Waals surface area contributed by atoms with Crippen LogP contribution in [0, 0.1) is 0 Å². The first-order valence-corrected chi connectivity index (χ1v) is 8.75. The van der Waals surface area contributed by atoms with Crippen LogP contribution in [0.15, 0.2) is 36.9 Å². The Hall–Kier alpha value is -2.30. The second-order valence-electron chi connectivity index (χ2n) is 6.31. The molecule has 5 nitrogen and oxygen atoms in total. The molecule has 0 aliphatic heterocycles. The standard InChI is InChI=1S/C19H25N3O2/c1-15(19(23)21-10-5-12-22-13-11-20-14-22)24-18-9-4-7-16-6-2-3-8-17(16)18/h4,7,9,11,13-15H,2-3,5-6,8,10,12H2,1H3,(H,21,23)/t15-/m0/s1. The highest BCUT2D eigenvalue weighted by Gasteiger charge is 2.18. The minimum atomic E-state index is -0.480. The molecule has 128 valence electrons. The number of hydrogen-bond donors (Lipinski definition) is 1. The number of carbonyl (C=O) groups is 1. The fraction of sp³-hybridized carbons (Fsp3) is 0.474. The molecule has 1 aromatic heterocycles. The summed E-state index contributed by atoms with van der Waals surface area (Å²) in [5.41, 5.74) is 2.65. The molecule has 3 rings (SSSR count). The summed E-state index contributed by atoms with van der Waals surface area (Å²) in [7, 11) is 0. The molecule has 0 spiro atoms. The van der Waals surface area contributed by atoms with E-state index in [2.05, 4.69) is 16.4 Å². The lowest BCUT2D eigenvalue weighted by atomic mass is 9.91. The lowest BCUT2D eigenvalue weighted by Crippen LogP contribution is -2.37. The maximum atomic E-state index is 12.2. The van der Waals surface area contributed by atoms with E-state index < -0.39 is 6.10 Å². The highest BCUT2D eigenvalue weighted by molar-refractivity contribution is 5.80. The number of rotatable bonds is 7. The third kappa shape index (κ3) is 4.16. The Kier molecular flexibility index (Phi) is 5.51. The van der Waals surface area contributed by atoms with E-state index in [1.54, 1.807) is 12.5 Å². The molecule has 1 aromatic carbocycles. The number of fused-ring (bicyclic) bond motifs is 1. The molecule has 0 saturated heterocycles. The van der Waals surface area contributed by atoms with Crippen molar-refractivity contribution in [3.05, 3.63) is 48.0 Å². The van der Waals surface area contributed by atoms with E-state index in [1.807, 2.05) is 29.8 Å². The van der Waals surface area contributed by atoms with Gasteiger partial charge in [0.1, 0.15) is 5.75 Å². The van der Waals surface area contributed by atoms with Gasteiger partial charge in [-0.3, -0.25) is 4.79 Å². The van der Waals surface area contributed by atoms with Crippen LogP contribution in [0.5, 0.6) is 5.75 Å². The molecule has 0 bridgehead atoms. The summed E-state index contributed by atoms with van der Waals surface area (Å²) in [5.74, 6) is 0.808. The summed E-state index contributed by atoms with van der Waals surface area (Å²) in [6.45, 7) is 3.30. The number of hydrogen-bond acceptors (Lipinski definition) is 3. The second-order valence-corrected chi connectivity index (χ2v) is 6.31. The van der Waals surface area contributed by atoms with Gasteiger partial charge in [0.15, 0.2) is 6.10 Å². The summed E-state index contributed by atoms with van der Waals surface area (Å²) in [6.07, 6.45) is 10.5. The molecule has 0 saturated carbocycles. The summed E-state index contributed by atoms with van der Waals surface area (Å²) < 4.78 is 7.95. The van der Waals surface area contributed by atoms with Crippen LogP contribution in [0.2, 0.25) is 0 Å². The fourth-order valence-electron chi connectivity index (χ4n) is 3.14. The maximum absolute atomic E-state index is 12.2. The summed E-state index contributed by atoms with van der Waals surface area (Å²) >= 11 is 0. The number of nitrogens with zero attached hydrogens (tertiary/aromatic N) is 2. The Morgan fingerprint density at radius 3 is 3.08 bits per heavy atom. The van der Waals surface area contributed by atoms with Crippen molar-refractivity contribution in [2.75, 3.05) is 6.54 Å². The Morgan fingerprint density at radius 1 is 1.38 bits per heavy atom.